The van der Waals surface area contributed by atoms with Crippen LogP contribution in [0.5, 0.6) is 5.75 Å². The Bertz CT molecular complexity index is 1450. The third-order valence-corrected chi connectivity index (χ3v) is 7.89. The molecule has 210 valence electrons. The number of amides is 2. The number of nitrogens with zero attached hydrogens (tertiary/aromatic N) is 3. The fourth-order valence-corrected chi connectivity index (χ4v) is 5.72. The number of piperidine rings is 1. The number of methoxy groups -OCH3 is 1. The first kappa shape index (κ1) is 27.2. The fraction of sp³-hybridized carbons (Fsp3) is 0.367. The summed E-state index contributed by atoms with van der Waals surface area (Å²) in [7, 11) is 3.51. The Balaban J connectivity index is 1.23. The van der Waals surface area contributed by atoms with Gasteiger partial charge in [-0.2, -0.15) is 0 Å². The number of halogens is 1. The highest BCUT2D eigenvalue weighted by molar-refractivity contribution is 6.07. The van der Waals surface area contributed by atoms with Crippen molar-refractivity contribution in [3.63, 3.8) is 0 Å². The van der Waals surface area contributed by atoms with Crippen LogP contribution in [0.4, 0.5) is 21.6 Å². The van der Waals surface area contributed by atoms with E-state index in [4.69, 9.17) is 4.74 Å². The van der Waals surface area contributed by atoms with E-state index in [0.29, 0.717) is 56.1 Å². The molecule has 2 aromatic carbocycles. The summed E-state index contributed by atoms with van der Waals surface area (Å²) >= 11 is 0. The average molecular weight is 548 g/mol. The summed E-state index contributed by atoms with van der Waals surface area (Å²) in [5.41, 5.74) is 3.49. The van der Waals surface area contributed by atoms with E-state index in [2.05, 4.69) is 10.3 Å². The summed E-state index contributed by atoms with van der Waals surface area (Å²) in [6.07, 6.45) is 3.66. The molecule has 2 aliphatic heterocycles. The summed E-state index contributed by atoms with van der Waals surface area (Å²) in [5, 5.41) is 3.19. The second-order valence-corrected chi connectivity index (χ2v) is 10.2. The molecule has 0 saturated carbocycles. The number of benzene rings is 2. The lowest BCUT2D eigenvalue weighted by Gasteiger charge is -2.37. The third-order valence-electron chi connectivity index (χ3n) is 7.89. The number of pyridine rings is 1. The molecular weight excluding hydrogens is 513 g/mol. The highest BCUT2D eigenvalue weighted by Crippen LogP contribution is 2.30. The minimum Gasteiger partial charge on any atom is -0.497 e. The summed E-state index contributed by atoms with van der Waals surface area (Å²) in [4.78, 5) is 46.2. The Kier molecular flexibility index (Phi) is 8.04. The molecule has 0 spiro atoms. The third kappa shape index (κ3) is 5.66. The van der Waals surface area contributed by atoms with Gasteiger partial charge in [-0.15, -0.1) is 0 Å². The minimum absolute atomic E-state index is 0.0791. The van der Waals surface area contributed by atoms with Crippen molar-refractivity contribution >= 4 is 29.5 Å². The quantitative estimate of drug-likeness (QED) is 0.399. The van der Waals surface area contributed by atoms with Gasteiger partial charge in [0.15, 0.2) is 0 Å². The zero-order valence-electron chi connectivity index (χ0n) is 22.8. The van der Waals surface area contributed by atoms with E-state index in [0.717, 1.165) is 41.8 Å². The van der Waals surface area contributed by atoms with Gasteiger partial charge in [0.25, 0.3) is 5.91 Å². The van der Waals surface area contributed by atoms with Gasteiger partial charge in [0.2, 0.25) is 12.0 Å². The van der Waals surface area contributed by atoms with Gasteiger partial charge in [0.05, 0.1) is 7.11 Å². The molecule has 1 fully saturated rings. The van der Waals surface area contributed by atoms with Crippen molar-refractivity contribution in [2.24, 2.45) is 0 Å². The molecule has 2 aliphatic rings. The van der Waals surface area contributed by atoms with Crippen LogP contribution in [0.2, 0.25) is 0 Å². The van der Waals surface area contributed by atoms with Crippen molar-refractivity contribution in [2.45, 2.75) is 31.7 Å². The Morgan fingerprint density at radius 1 is 1.15 bits per heavy atom. The maximum absolute atomic E-state index is 13.6. The predicted molar refractivity (Wildman–Crippen MR) is 153 cm³/mol. The molecule has 3 aromatic rings. The van der Waals surface area contributed by atoms with Gasteiger partial charge in [-0.3, -0.25) is 14.4 Å². The summed E-state index contributed by atoms with van der Waals surface area (Å²) in [6, 6.07) is 13.4. The maximum Gasteiger partial charge on any atom is 0.258 e. The van der Waals surface area contributed by atoms with E-state index in [1.54, 1.807) is 24.1 Å². The summed E-state index contributed by atoms with van der Waals surface area (Å²) < 4.78 is 19.0. The molecule has 40 heavy (non-hydrogen) atoms. The van der Waals surface area contributed by atoms with Crippen LogP contribution >= 0.6 is 0 Å². The second kappa shape index (κ2) is 11.8. The van der Waals surface area contributed by atoms with E-state index >= 15 is 0 Å². The Morgan fingerprint density at radius 2 is 1.95 bits per heavy atom. The molecule has 1 saturated heterocycles. The number of fused-ring (bicyclic) bond motifs is 1. The number of hydrogen-bond acceptors (Lipinski definition) is 6. The molecule has 9 nitrogen and oxygen atoms in total. The number of carbonyl (C=O) groups excluding carboxylic acids is 2. The molecule has 0 unspecified atom stereocenters. The van der Waals surface area contributed by atoms with Gasteiger partial charge >= 0.3 is 0 Å². The van der Waals surface area contributed by atoms with Crippen LogP contribution in [-0.2, 0) is 17.6 Å². The first-order chi connectivity index (χ1) is 19.4. The van der Waals surface area contributed by atoms with Crippen molar-refractivity contribution in [1.29, 1.82) is 0 Å². The Labute approximate surface area is 232 Å². The number of ether oxygens (including phenoxy) is 1. The molecule has 0 aliphatic carbocycles. The van der Waals surface area contributed by atoms with Gasteiger partial charge in [0.1, 0.15) is 17.4 Å². The number of rotatable bonds is 9. The number of aromatic amines is 1. The largest absolute Gasteiger partial charge is 0.497 e. The number of carbonyl (C=O) groups is 2. The lowest BCUT2D eigenvalue weighted by atomic mass is 10.0. The molecule has 0 bridgehead atoms. The van der Waals surface area contributed by atoms with Crippen LogP contribution in [0.25, 0.3) is 0 Å². The maximum atomic E-state index is 13.6. The average Bonchev–Trinajstić information content (AvgIpc) is 3.40. The van der Waals surface area contributed by atoms with E-state index in [-0.39, 0.29) is 23.3 Å². The van der Waals surface area contributed by atoms with E-state index < -0.39 is 0 Å². The Morgan fingerprint density at radius 3 is 2.67 bits per heavy atom. The Hall–Kier alpha value is -4.34. The fourth-order valence-electron chi connectivity index (χ4n) is 5.72. The lowest BCUT2D eigenvalue weighted by molar-refractivity contribution is -0.120. The molecule has 5 rings (SSSR count). The smallest absolute Gasteiger partial charge is 0.258 e. The van der Waals surface area contributed by atoms with E-state index in [1.807, 2.05) is 35.0 Å². The van der Waals surface area contributed by atoms with Crippen LogP contribution < -0.4 is 25.4 Å². The van der Waals surface area contributed by atoms with Crippen molar-refractivity contribution in [3.05, 3.63) is 81.4 Å². The highest BCUT2D eigenvalue weighted by atomic mass is 19.1. The summed E-state index contributed by atoms with van der Waals surface area (Å²) in [5.74, 6) is 0.752. The zero-order chi connectivity index (χ0) is 28.2. The van der Waals surface area contributed by atoms with Crippen molar-refractivity contribution < 1.29 is 18.7 Å². The van der Waals surface area contributed by atoms with Gasteiger partial charge in [0, 0.05) is 62.3 Å². The SMILES string of the molecule is CNc1ccc(OC)cc1CCN(C=O)C1CCN(c2cc(C(=O)N3CCc4cc(F)ccc43)cc(=O)[nH]2)CC1. The monoisotopic (exact) mass is 547 g/mol. The minimum atomic E-state index is -0.352. The molecule has 2 amide bonds. The van der Waals surface area contributed by atoms with Crippen LogP contribution in [0.1, 0.15) is 34.3 Å². The van der Waals surface area contributed by atoms with Crippen LogP contribution in [-0.4, -0.2) is 68.6 Å². The summed E-state index contributed by atoms with van der Waals surface area (Å²) in [6.45, 7) is 2.29. The number of nitrogens with one attached hydrogen (secondary N) is 2. The van der Waals surface area contributed by atoms with Gasteiger partial charge in [-0.25, -0.2) is 4.39 Å². The normalized spacial score (nSPS) is 15.1. The number of hydrogen-bond donors (Lipinski definition) is 2. The van der Waals surface area contributed by atoms with Gasteiger partial charge < -0.3 is 29.7 Å². The molecule has 1 aromatic heterocycles. The molecule has 2 N–H and O–H groups in total. The van der Waals surface area contributed by atoms with Crippen LogP contribution in [0, 0.1) is 5.82 Å². The van der Waals surface area contributed by atoms with Crippen molar-refractivity contribution in [1.82, 2.24) is 9.88 Å². The first-order valence-electron chi connectivity index (χ1n) is 13.6. The van der Waals surface area contributed by atoms with Crippen molar-refractivity contribution in [2.75, 3.05) is 55.5 Å². The molecule has 3 heterocycles. The molecule has 0 radical (unpaired) electrons. The number of aromatic nitrogens is 1. The van der Waals surface area contributed by atoms with Gasteiger partial charge in [-0.1, -0.05) is 0 Å². The lowest BCUT2D eigenvalue weighted by Crippen LogP contribution is -2.45. The second-order valence-electron chi connectivity index (χ2n) is 10.2. The zero-order valence-corrected chi connectivity index (χ0v) is 22.8. The van der Waals surface area contributed by atoms with E-state index in [9.17, 15) is 18.8 Å². The molecule has 0 atom stereocenters. The number of anilines is 3. The predicted octanol–water partition coefficient (Wildman–Crippen LogP) is 3.44. The van der Waals surface area contributed by atoms with Gasteiger partial charge in [-0.05, 0) is 79.3 Å². The number of H-pyrrole nitrogens is 1. The molecule has 10 heteroatoms. The van der Waals surface area contributed by atoms with Crippen LogP contribution in [0.3, 0.4) is 0 Å². The van der Waals surface area contributed by atoms with Crippen molar-refractivity contribution in [3.8, 4) is 5.75 Å². The topological polar surface area (TPSA) is 98.0 Å². The highest BCUT2D eigenvalue weighted by Gasteiger charge is 2.28. The first-order valence-corrected chi connectivity index (χ1v) is 13.6. The standard InChI is InChI=1S/C30H34FN5O4/c1-32-26-5-4-25(40-2)16-20(26)7-11-35(19-37)24-9-12-34(13-10-24)28-17-22(18-29(38)33-28)30(39)36-14-8-21-15-23(31)3-6-27(21)36/h3-6,15-19,24,32H,7-14H2,1-2H3,(H,33,38). The van der Waals surface area contributed by atoms with Crippen LogP contribution in [0.15, 0.2) is 53.3 Å². The molecular formula is C30H34FN5O4. The van der Waals surface area contributed by atoms with E-state index in [1.165, 1.54) is 18.2 Å².